The fraction of sp³-hybridized carbons (Fsp3) is 0.105. The summed E-state index contributed by atoms with van der Waals surface area (Å²) in [6.07, 6.45) is 2.62. The highest BCUT2D eigenvalue weighted by atomic mass is 16.4. The monoisotopic (exact) mass is 395 g/mol. The minimum absolute atomic E-state index is 0.0373. The van der Waals surface area contributed by atoms with Gasteiger partial charge in [0.1, 0.15) is 17.5 Å². The van der Waals surface area contributed by atoms with E-state index < -0.39 is 30.3 Å². The van der Waals surface area contributed by atoms with Gasteiger partial charge in [0.15, 0.2) is 0 Å². The predicted octanol–water partition coefficient (Wildman–Crippen LogP) is 0.943. The van der Waals surface area contributed by atoms with E-state index in [0.717, 1.165) is 5.56 Å². The lowest BCUT2D eigenvalue weighted by atomic mass is 10.1. The van der Waals surface area contributed by atoms with Crippen molar-refractivity contribution in [2.24, 2.45) is 5.73 Å². The average molecular weight is 395 g/mol. The Morgan fingerprint density at radius 2 is 1.83 bits per heavy atom. The molecule has 6 N–H and O–H groups in total. The Balaban J connectivity index is 1.84. The second-order valence-corrected chi connectivity index (χ2v) is 6.26. The van der Waals surface area contributed by atoms with Gasteiger partial charge in [-0.3, -0.25) is 15.0 Å². The molecular weight excluding hydrogens is 378 g/mol. The summed E-state index contributed by atoms with van der Waals surface area (Å²) >= 11 is 0. The fourth-order valence-corrected chi connectivity index (χ4v) is 2.70. The van der Waals surface area contributed by atoms with E-state index >= 15 is 0 Å². The molecule has 0 aliphatic carbocycles. The van der Waals surface area contributed by atoms with Crippen LogP contribution in [0, 0.1) is 5.41 Å². The summed E-state index contributed by atoms with van der Waals surface area (Å²) in [7, 11) is 0. The molecule has 3 rings (SSSR count). The number of aliphatic carboxylic acids is 2. The third-order valence-corrected chi connectivity index (χ3v) is 4.20. The number of hydrogen-bond acceptors (Lipinski definition) is 5. The normalized spacial score (nSPS) is 11.7. The van der Waals surface area contributed by atoms with Crippen LogP contribution in [-0.4, -0.2) is 49.3 Å². The van der Waals surface area contributed by atoms with Gasteiger partial charge in [-0.2, -0.15) is 0 Å². The molecule has 0 aliphatic rings. The van der Waals surface area contributed by atoms with Gasteiger partial charge in [-0.25, -0.2) is 9.78 Å². The minimum Gasteiger partial charge on any atom is -0.481 e. The molecule has 0 spiro atoms. The third-order valence-electron chi connectivity index (χ3n) is 4.20. The lowest BCUT2D eigenvalue weighted by molar-refractivity contribution is -0.145. The van der Waals surface area contributed by atoms with E-state index in [1.54, 1.807) is 41.1 Å². The molecule has 0 bridgehead atoms. The predicted molar refractivity (Wildman–Crippen MR) is 103 cm³/mol. The van der Waals surface area contributed by atoms with Crippen molar-refractivity contribution in [2.75, 3.05) is 0 Å². The molecule has 1 atom stereocenters. The van der Waals surface area contributed by atoms with E-state index in [9.17, 15) is 14.4 Å². The van der Waals surface area contributed by atoms with E-state index in [1.807, 2.05) is 0 Å². The first-order valence-corrected chi connectivity index (χ1v) is 8.43. The van der Waals surface area contributed by atoms with Gasteiger partial charge in [-0.1, -0.05) is 24.3 Å². The summed E-state index contributed by atoms with van der Waals surface area (Å²) in [5, 5.41) is 27.4. The number of rotatable bonds is 7. The first kappa shape index (κ1) is 19.5. The van der Waals surface area contributed by atoms with Crippen molar-refractivity contribution in [3.05, 3.63) is 59.9 Å². The molecule has 1 amide bonds. The molecule has 3 aromatic rings. The maximum Gasteiger partial charge on any atom is 0.326 e. The number of amidine groups is 1. The van der Waals surface area contributed by atoms with E-state index in [-0.39, 0.29) is 11.4 Å². The smallest absolute Gasteiger partial charge is 0.326 e. The van der Waals surface area contributed by atoms with Crippen molar-refractivity contribution in [3.8, 4) is 11.3 Å². The molecule has 2 heterocycles. The molecule has 10 nitrogen and oxygen atoms in total. The van der Waals surface area contributed by atoms with Crippen LogP contribution in [0.25, 0.3) is 16.9 Å². The summed E-state index contributed by atoms with van der Waals surface area (Å²) in [6, 6.07) is 8.37. The molecule has 1 aromatic carbocycles. The highest BCUT2D eigenvalue weighted by Crippen LogP contribution is 2.20. The topological polar surface area (TPSA) is 171 Å². The standard InChI is InChI=1S/C19H17N5O5/c20-17(21)11-3-1-10(2-4-11)14-9-24-6-5-12(7-15(24)22-14)18(27)23-13(19(28)29)8-16(25)26/h1-7,9,13H,8H2,(H3,20,21)(H,23,27)(H,25,26)(H,28,29)/t13-/m1/s1. The lowest BCUT2D eigenvalue weighted by Crippen LogP contribution is -2.42. The lowest BCUT2D eigenvalue weighted by Gasteiger charge is -2.12. The number of aromatic nitrogens is 2. The van der Waals surface area contributed by atoms with Gasteiger partial charge in [-0.05, 0) is 12.1 Å². The largest absolute Gasteiger partial charge is 0.481 e. The molecule has 2 aromatic heterocycles. The maximum atomic E-state index is 12.3. The van der Waals surface area contributed by atoms with Gasteiger partial charge < -0.3 is 25.7 Å². The highest BCUT2D eigenvalue weighted by Gasteiger charge is 2.23. The molecule has 0 radical (unpaired) electrons. The number of nitrogens with one attached hydrogen (secondary N) is 2. The van der Waals surface area contributed by atoms with Gasteiger partial charge >= 0.3 is 11.9 Å². The number of amides is 1. The summed E-state index contributed by atoms with van der Waals surface area (Å²) in [5.74, 6) is -3.51. The second-order valence-electron chi connectivity index (χ2n) is 6.26. The molecule has 0 unspecified atom stereocenters. The third kappa shape index (κ3) is 4.38. The maximum absolute atomic E-state index is 12.3. The Labute approximate surface area is 164 Å². The van der Waals surface area contributed by atoms with Gasteiger partial charge in [0.2, 0.25) is 0 Å². The van der Waals surface area contributed by atoms with Crippen LogP contribution in [0.1, 0.15) is 22.3 Å². The number of imidazole rings is 1. The zero-order chi connectivity index (χ0) is 21.1. The molecule has 0 saturated carbocycles. The van der Waals surface area contributed by atoms with Crippen molar-refractivity contribution in [1.29, 1.82) is 5.41 Å². The second kappa shape index (κ2) is 7.80. The quantitative estimate of drug-likeness (QED) is 0.293. The van der Waals surface area contributed by atoms with Crippen LogP contribution in [0.5, 0.6) is 0 Å². The summed E-state index contributed by atoms with van der Waals surface area (Å²) in [4.78, 5) is 38.7. The SMILES string of the molecule is N=C(N)c1ccc(-c2cn3ccc(C(=O)N[C@H](CC(=O)O)C(=O)O)cc3n2)cc1. The average Bonchev–Trinajstić information content (AvgIpc) is 3.10. The molecule has 0 aliphatic heterocycles. The van der Waals surface area contributed by atoms with Crippen LogP contribution < -0.4 is 11.1 Å². The van der Waals surface area contributed by atoms with Crippen LogP contribution in [0.2, 0.25) is 0 Å². The molecule has 148 valence electrons. The summed E-state index contributed by atoms with van der Waals surface area (Å²) in [5.41, 5.74) is 8.06. The van der Waals surface area contributed by atoms with Crippen LogP contribution in [-0.2, 0) is 9.59 Å². The van der Waals surface area contributed by atoms with Gasteiger partial charge in [0.25, 0.3) is 5.91 Å². The van der Waals surface area contributed by atoms with E-state index in [0.29, 0.717) is 16.9 Å². The minimum atomic E-state index is -1.54. The van der Waals surface area contributed by atoms with Crippen LogP contribution in [0.3, 0.4) is 0 Å². The fourth-order valence-electron chi connectivity index (χ4n) is 2.70. The molecule has 0 saturated heterocycles. The van der Waals surface area contributed by atoms with E-state index in [4.69, 9.17) is 21.4 Å². The van der Waals surface area contributed by atoms with Crippen molar-refractivity contribution >= 4 is 29.3 Å². The number of nitrogen functional groups attached to an aromatic ring is 1. The first-order valence-electron chi connectivity index (χ1n) is 8.43. The summed E-state index contributed by atoms with van der Waals surface area (Å²) in [6.45, 7) is 0. The number of pyridine rings is 1. The van der Waals surface area contributed by atoms with Crippen molar-refractivity contribution in [3.63, 3.8) is 0 Å². The van der Waals surface area contributed by atoms with Gasteiger partial charge in [0.05, 0.1) is 12.1 Å². The number of nitrogens with two attached hydrogens (primary N) is 1. The van der Waals surface area contributed by atoms with E-state index in [1.165, 1.54) is 12.1 Å². The van der Waals surface area contributed by atoms with Crippen molar-refractivity contribution < 1.29 is 24.6 Å². The van der Waals surface area contributed by atoms with Crippen LogP contribution in [0.15, 0.2) is 48.8 Å². The Morgan fingerprint density at radius 1 is 1.14 bits per heavy atom. The van der Waals surface area contributed by atoms with Crippen molar-refractivity contribution in [2.45, 2.75) is 12.5 Å². The molecule has 0 fully saturated rings. The van der Waals surface area contributed by atoms with Crippen LogP contribution in [0.4, 0.5) is 0 Å². The first-order chi connectivity index (χ1) is 13.7. The number of carbonyl (C=O) groups excluding carboxylic acids is 1. The molecular formula is C19H17N5O5. The Morgan fingerprint density at radius 3 is 2.41 bits per heavy atom. The molecule has 10 heteroatoms. The Hall–Kier alpha value is -4.21. The summed E-state index contributed by atoms with van der Waals surface area (Å²) < 4.78 is 1.69. The zero-order valence-corrected chi connectivity index (χ0v) is 15.0. The molecule has 29 heavy (non-hydrogen) atoms. The number of fused-ring (bicyclic) bond motifs is 1. The van der Waals surface area contributed by atoms with Crippen molar-refractivity contribution in [1.82, 2.24) is 14.7 Å². The number of carbonyl (C=O) groups is 3. The number of carboxylic acids is 2. The number of hydrogen-bond donors (Lipinski definition) is 5. The van der Waals surface area contributed by atoms with Gasteiger partial charge in [-0.15, -0.1) is 0 Å². The number of benzene rings is 1. The highest BCUT2D eigenvalue weighted by molar-refractivity contribution is 5.98. The zero-order valence-electron chi connectivity index (χ0n) is 15.0. The van der Waals surface area contributed by atoms with Crippen LogP contribution >= 0.6 is 0 Å². The number of nitrogens with zero attached hydrogens (tertiary/aromatic N) is 2. The Bertz CT molecular complexity index is 1120. The van der Waals surface area contributed by atoms with E-state index in [2.05, 4.69) is 10.3 Å². The van der Waals surface area contributed by atoms with Gasteiger partial charge in [0, 0.05) is 29.1 Å². The Kier molecular flexibility index (Phi) is 5.26. The number of carboxylic acid groups (broad SMARTS) is 2.